The molecule has 0 saturated carbocycles. The van der Waals surface area contributed by atoms with Crippen LogP contribution < -0.4 is 14.2 Å². The summed E-state index contributed by atoms with van der Waals surface area (Å²) in [7, 11) is 1.59. The molecule has 0 aromatic heterocycles. The van der Waals surface area contributed by atoms with Gasteiger partial charge in [-0.15, -0.1) is 0 Å². The minimum Gasteiger partial charge on any atom is -0.493 e. The van der Waals surface area contributed by atoms with Crippen molar-refractivity contribution in [1.82, 2.24) is 4.90 Å². The summed E-state index contributed by atoms with van der Waals surface area (Å²) in [6.07, 6.45) is 3.33. The SMILES string of the molecule is CCN(CC)C(=O)/C=C/c1cc(OC)c2c(c1)OCCO2. The Hall–Kier alpha value is -2.17. The van der Waals surface area contributed by atoms with Gasteiger partial charge in [0.1, 0.15) is 13.2 Å². The lowest BCUT2D eigenvalue weighted by Gasteiger charge is -2.21. The average Bonchev–Trinajstić information content (AvgIpc) is 2.53. The molecule has 0 N–H and O–H groups in total. The molecule has 1 aliphatic rings. The van der Waals surface area contributed by atoms with Gasteiger partial charge in [0.15, 0.2) is 11.5 Å². The topological polar surface area (TPSA) is 48.0 Å². The Morgan fingerprint density at radius 1 is 1.29 bits per heavy atom. The van der Waals surface area contributed by atoms with Crippen LogP contribution in [0.5, 0.6) is 17.2 Å². The van der Waals surface area contributed by atoms with E-state index in [9.17, 15) is 4.79 Å². The highest BCUT2D eigenvalue weighted by Gasteiger charge is 2.17. The van der Waals surface area contributed by atoms with Crippen molar-refractivity contribution in [1.29, 1.82) is 0 Å². The molecule has 1 heterocycles. The molecule has 0 spiro atoms. The zero-order chi connectivity index (χ0) is 15.2. The molecule has 0 saturated heterocycles. The number of benzene rings is 1. The number of hydrogen-bond donors (Lipinski definition) is 0. The van der Waals surface area contributed by atoms with Crippen molar-refractivity contribution >= 4 is 12.0 Å². The number of methoxy groups -OCH3 is 1. The van der Waals surface area contributed by atoms with Crippen LogP contribution in [-0.2, 0) is 4.79 Å². The molecule has 5 heteroatoms. The Morgan fingerprint density at radius 2 is 2.00 bits per heavy atom. The van der Waals surface area contributed by atoms with Gasteiger partial charge in [-0.05, 0) is 37.6 Å². The number of hydrogen-bond acceptors (Lipinski definition) is 4. The predicted molar refractivity (Wildman–Crippen MR) is 80.9 cm³/mol. The van der Waals surface area contributed by atoms with Crippen molar-refractivity contribution in [2.24, 2.45) is 0 Å². The summed E-state index contributed by atoms with van der Waals surface area (Å²) in [5, 5.41) is 0. The summed E-state index contributed by atoms with van der Waals surface area (Å²) in [6, 6.07) is 3.68. The second kappa shape index (κ2) is 7.02. The smallest absolute Gasteiger partial charge is 0.246 e. The zero-order valence-electron chi connectivity index (χ0n) is 12.7. The first-order chi connectivity index (χ1) is 10.2. The van der Waals surface area contributed by atoms with Crippen LogP contribution in [0, 0.1) is 0 Å². The van der Waals surface area contributed by atoms with Crippen LogP contribution in [0.2, 0.25) is 0 Å². The Morgan fingerprint density at radius 3 is 2.67 bits per heavy atom. The van der Waals surface area contributed by atoms with Crippen LogP contribution >= 0.6 is 0 Å². The molecule has 114 valence electrons. The van der Waals surface area contributed by atoms with Crippen molar-refractivity contribution in [2.75, 3.05) is 33.4 Å². The molecular formula is C16H21NO4. The van der Waals surface area contributed by atoms with E-state index in [-0.39, 0.29) is 5.91 Å². The molecule has 2 rings (SSSR count). The van der Waals surface area contributed by atoms with Gasteiger partial charge in [0.2, 0.25) is 11.7 Å². The molecule has 1 amide bonds. The molecule has 1 aromatic carbocycles. The molecule has 21 heavy (non-hydrogen) atoms. The number of amides is 1. The maximum Gasteiger partial charge on any atom is 0.246 e. The summed E-state index contributed by atoms with van der Waals surface area (Å²) in [5.74, 6) is 1.88. The van der Waals surface area contributed by atoms with E-state index >= 15 is 0 Å². The monoisotopic (exact) mass is 291 g/mol. The van der Waals surface area contributed by atoms with Gasteiger partial charge in [-0.25, -0.2) is 0 Å². The standard InChI is InChI=1S/C16H21NO4/c1-4-17(5-2)15(18)7-6-12-10-13(19-3)16-14(11-12)20-8-9-21-16/h6-7,10-11H,4-5,8-9H2,1-3H3/b7-6+. The summed E-state index contributed by atoms with van der Waals surface area (Å²) in [5.41, 5.74) is 0.844. The fourth-order valence-corrected chi connectivity index (χ4v) is 2.20. The van der Waals surface area contributed by atoms with Gasteiger partial charge in [-0.2, -0.15) is 0 Å². The van der Waals surface area contributed by atoms with Crippen molar-refractivity contribution in [2.45, 2.75) is 13.8 Å². The van der Waals surface area contributed by atoms with Gasteiger partial charge in [0.05, 0.1) is 7.11 Å². The Balaban J connectivity index is 2.22. The van der Waals surface area contributed by atoms with E-state index < -0.39 is 0 Å². The lowest BCUT2D eigenvalue weighted by molar-refractivity contribution is -0.125. The van der Waals surface area contributed by atoms with Gasteiger partial charge in [-0.1, -0.05) is 0 Å². The largest absolute Gasteiger partial charge is 0.493 e. The minimum atomic E-state index is -0.00569. The molecule has 0 bridgehead atoms. The number of rotatable bonds is 5. The summed E-state index contributed by atoms with van der Waals surface area (Å²) in [6.45, 7) is 6.35. The number of likely N-dealkylation sites (N-methyl/N-ethyl adjacent to an activating group) is 1. The van der Waals surface area contributed by atoms with Gasteiger partial charge < -0.3 is 19.1 Å². The summed E-state index contributed by atoms with van der Waals surface area (Å²) in [4.78, 5) is 13.7. The Kier molecular flexibility index (Phi) is 5.09. The molecule has 0 aliphatic carbocycles. The van der Waals surface area contributed by atoms with Crippen molar-refractivity contribution < 1.29 is 19.0 Å². The van der Waals surface area contributed by atoms with E-state index in [1.165, 1.54) is 0 Å². The van der Waals surface area contributed by atoms with Gasteiger partial charge in [0, 0.05) is 19.2 Å². The minimum absolute atomic E-state index is 0.00569. The molecule has 0 radical (unpaired) electrons. The van der Waals surface area contributed by atoms with Gasteiger partial charge in [0.25, 0.3) is 0 Å². The van der Waals surface area contributed by atoms with Crippen molar-refractivity contribution in [3.8, 4) is 17.2 Å². The molecule has 0 fully saturated rings. The van der Waals surface area contributed by atoms with E-state index in [4.69, 9.17) is 14.2 Å². The highest BCUT2D eigenvalue weighted by molar-refractivity contribution is 5.92. The van der Waals surface area contributed by atoms with Crippen molar-refractivity contribution in [3.63, 3.8) is 0 Å². The fourth-order valence-electron chi connectivity index (χ4n) is 2.20. The first kappa shape index (κ1) is 15.2. The van der Waals surface area contributed by atoms with Crippen LogP contribution in [0.25, 0.3) is 6.08 Å². The Bertz CT molecular complexity index is 518. The quantitative estimate of drug-likeness (QED) is 0.781. The third-order valence-corrected chi connectivity index (χ3v) is 3.34. The third kappa shape index (κ3) is 3.48. The van der Waals surface area contributed by atoms with E-state index in [1.54, 1.807) is 24.2 Å². The third-order valence-electron chi connectivity index (χ3n) is 3.34. The van der Waals surface area contributed by atoms with Crippen molar-refractivity contribution in [3.05, 3.63) is 23.8 Å². The number of ether oxygens (including phenoxy) is 3. The fraction of sp³-hybridized carbons (Fsp3) is 0.438. The summed E-state index contributed by atoms with van der Waals surface area (Å²) < 4.78 is 16.4. The zero-order valence-corrected chi connectivity index (χ0v) is 12.7. The molecular weight excluding hydrogens is 270 g/mol. The molecule has 5 nitrogen and oxygen atoms in total. The van der Waals surface area contributed by atoms with Crippen LogP contribution in [-0.4, -0.2) is 44.2 Å². The molecule has 0 unspecified atom stereocenters. The average molecular weight is 291 g/mol. The summed E-state index contributed by atoms with van der Waals surface area (Å²) >= 11 is 0. The van der Waals surface area contributed by atoms with Gasteiger partial charge >= 0.3 is 0 Å². The van der Waals surface area contributed by atoms with Crippen LogP contribution in [0.3, 0.4) is 0 Å². The van der Waals surface area contributed by atoms with Crippen LogP contribution in [0.4, 0.5) is 0 Å². The van der Waals surface area contributed by atoms with Crippen LogP contribution in [0.15, 0.2) is 18.2 Å². The van der Waals surface area contributed by atoms with Gasteiger partial charge in [-0.3, -0.25) is 4.79 Å². The van der Waals surface area contributed by atoms with E-state index in [0.29, 0.717) is 43.6 Å². The molecule has 1 aromatic rings. The number of nitrogens with zero attached hydrogens (tertiary/aromatic N) is 1. The van der Waals surface area contributed by atoms with E-state index in [0.717, 1.165) is 5.56 Å². The Labute approximate surface area is 125 Å². The number of carbonyl (C=O) groups excluding carboxylic acids is 1. The molecule has 1 aliphatic heterocycles. The van der Waals surface area contributed by atoms with E-state index in [2.05, 4.69) is 0 Å². The second-order valence-electron chi connectivity index (χ2n) is 4.59. The first-order valence-electron chi connectivity index (χ1n) is 7.14. The second-order valence-corrected chi connectivity index (χ2v) is 4.59. The van der Waals surface area contributed by atoms with E-state index in [1.807, 2.05) is 26.0 Å². The highest BCUT2D eigenvalue weighted by Crippen LogP contribution is 2.40. The normalized spacial score (nSPS) is 13.3. The number of fused-ring (bicyclic) bond motifs is 1. The lowest BCUT2D eigenvalue weighted by Crippen LogP contribution is -2.28. The first-order valence-corrected chi connectivity index (χ1v) is 7.14. The highest BCUT2D eigenvalue weighted by atomic mass is 16.6. The predicted octanol–water partition coefficient (Wildman–Crippen LogP) is 2.35. The van der Waals surface area contributed by atoms with Crippen LogP contribution in [0.1, 0.15) is 19.4 Å². The lowest BCUT2D eigenvalue weighted by atomic mass is 10.1. The number of carbonyl (C=O) groups is 1. The maximum atomic E-state index is 12.0. The molecule has 0 atom stereocenters. The maximum absolute atomic E-state index is 12.0.